The molecule has 0 saturated carbocycles. The quantitative estimate of drug-likeness (QED) is 0.864. The van der Waals surface area contributed by atoms with Crippen LogP contribution in [0.3, 0.4) is 0 Å². The molecule has 1 atom stereocenters. The molecule has 2 heterocycles. The molecule has 1 aromatic carbocycles. The van der Waals surface area contributed by atoms with E-state index in [9.17, 15) is 8.42 Å². The normalized spacial score (nSPS) is 20.0. The van der Waals surface area contributed by atoms with Gasteiger partial charge in [-0.15, -0.1) is 0 Å². The van der Waals surface area contributed by atoms with Crippen LogP contribution >= 0.6 is 27.5 Å². The van der Waals surface area contributed by atoms with E-state index in [1.54, 1.807) is 22.5 Å². The summed E-state index contributed by atoms with van der Waals surface area (Å²) in [5, 5.41) is 0.497. The van der Waals surface area contributed by atoms with Crippen molar-refractivity contribution in [2.45, 2.75) is 23.8 Å². The first-order chi connectivity index (χ1) is 10.00. The Hall–Kier alpha value is -0.820. The summed E-state index contributed by atoms with van der Waals surface area (Å²) in [6.45, 7) is 0.534. The van der Waals surface area contributed by atoms with E-state index in [4.69, 9.17) is 11.6 Å². The van der Waals surface area contributed by atoms with E-state index in [-0.39, 0.29) is 10.9 Å². The zero-order valence-corrected chi connectivity index (χ0v) is 14.2. The smallest absolute Gasteiger partial charge is 0.243 e. The van der Waals surface area contributed by atoms with E-state index in [2.05, 4.69) is 20.9 Å². The number of nitrogens with zero attached hydrogens (tertiary/aromatic N) is 1. The molecule has 0 bridgehead atoms. The predicted molar refractivity (Wildman–Crippen MR) is 85.8 cm³/mol. The molecule has 1 fully saturated rings. The lowest BCUT2D eigenvalue weighted by atomic mass is 10.2. The Bertz CT molecular complexity index is 746. The van der Waals surface area contributed by atoms with Crippen molar-refractivity contribution in [3.05, 3.63) is 51.7 Å². The molecule has 1 aromatic heterocycles. The van der Waals surface area contributed by atoms with Crippen molar-refractivity contribution < 1.29 is 8.42 Å². The largest absolute Gasteiger partial charge is 0.364 e. The summed E-state index contributed by atoms with van der Waals surface area (Å²) in [5.74, 6) is 0. The second kappa shape index (κ2) is 5.76. The second-order valence-electron chi connectivity index (χ2n) is 4.98. The van der Waals surface area contributed by atoms with Gasteiger partial charge in [0.1, 0.15) is 0 Å². The molecule has 1 aliphatic rings. The summed E-state index contributed by atoms with van der Waals surface area (Å²) >= 11 is 9.22. The van der Waals surface area contributed by atoms with Gasteiger partial charge < -0.3 is 4.98 Å². The van der Waals surface area contributed by atoms with E-state index in [0.29, 0.717) is 16.0 Å². The summed E-state index contributed by atoms with van der Waals surface area (Å²) in [7, 11) is -3.53. The number of aromatic amines is 1. The molecule has 0 aliphatic carbocycles. The average molecular weight is 390 g/mol. The highest BCUT2D eigenvalue weighted by molar-refractivity contribution is 9.10. The molecular formula is C14H14BrClN2O2S. The molecule has 4 nitrogen and oxygen atoms in total. The first-order valence-corrected chi connectivity index (χ1v) is 9.21. The van der Waals surface area contributed by atoms with Crippen LogP contribution in [0.15, 0.2) is 45.9 Å². The summed E-state index contributed by atoms with van der Waals surface area (Å²) in [6, 6.07) is 8.39. The van der Waals surface area contributed by atoms with E-state index >= 15 is 0 Å². The zero-order valence-electron chi connectivity index (χ0n) is 11.1. The van der Waals surface area contributed by atoms with Gasteiger partial charge in [0.25, 0.3) is 0 Å². The van der Waals surface area contributed by atoms with Crippen LogP contribution in [0, 0.1) is 0 Å². The van der Waals surface area contributed by atoms with Crippen molar-refractivity contribution in [1.29, 1.82) is 0 Å². The molecule has 0 spiro atoms. The molecule has 1 unspecified atom stereocenters. The predicted octanol–water partition coefficient (Wildman–Crippen LogP) is 3.96. The summed E-state index contributed by atoms with van der Waals surface area (Å²) in [5.41, 5.74) is 0.934. The third-order valence-electron chi connectivity index (χ3n) is 3.68. The Morgan fingerprint density at radius 3 is 2.81 bits per heavy atom. The first-order valence-electron chi connectivity index (χ1n) is 6.60. The maximum atomic E-state index is 12.9. The molecule has 1 N–H and O–H groups in total. The minimum atomic E-state index is -3.53. The molecule has 0 radical (unpaired) electrons. The molecule has 1 saturated heterocycles. The van der Waals surface area contributed by atoms with E-state index < -0.39 is 10.0 Å². The monoisotopic (exact) mass is 388 g/mol. The van der Waals surface area contributed by atoms with Gasteiger partial charge in [-0.3, -0.25) is 0 Å². The van der Waals surface area contributed by atoms with Gasteiger partial charge in [0.15, 0.2) is 0 Å². The fourth-order valence-corrected chi connectivity index (χ4v) is 5.01. The lowest BCUT2D eigenvalue weighted by Gasteiger charge is -2.23. The third kappa shape index (κ3) is 2.77. The van der Waals surface area contributed by atoms with Gasteiger partial charge in [-0.2, -0.15) is 4.31 Å². The Labute approximate surface area is 137 Å². The molecule has 21 heavy (non-hydrogen) atoms. The molecule has 1 aliphatic heterocycles. The minimum Gasteiger partial charge on any atom is -0.364 e. The number of halogens is 2. The lowest BCUT2D eigenvalue weighted by molar-refractivity contribution is 0.391. The molecule has 3 rings (SSSR count). The Kier molecular flexibility index (Phi) is 4.14. The maximum Gasteiger partial charge on any atom is 0.243 e. The Morgan fingerprint density at radius 1 is 1.33 bits per heavy atom. The van der Waals surface area contributed by atoms with Crippen LogP contribution in [-0.2, 0) is 10.0 Å². The minimum absolute atomic E-state index is 0.126. The number of hydrogen-bond acceptors (Lipinski definition) is 2. The number of nitrogens with one attached hydrogen (secondary N) is 1. The number of sulfonamides is 1. The van der Waals surface area contributed by atoms with Crippen molar-refractivity contribution in [2.24, 2.45) is 0 Å². The number of aromatic nitrogens is 1. The van der Waals surface area contributed by atoms with Crippen LogP contribution in [0.1, 0.15) is 24.6 Å². The van der Waals surface area contributed by atoms with Crippen LogP contribution in [0.25, 0.3) is 0 Å². The van der Waals surface area contributed by atoms with Gasteiger partial charge in [0, 0.05) is 22.9 Å². The Morgan fingerprint density at radius 2 is 2.14 bits per heavy atom. The van der Waals surface area contributed by atoms with Gasteiger partial charge in [0.2, 0.25) is 10.0 Å². The second-order valence-corrected chi connectivity index (χ2v) is 8.13. The van der Waals surface area contributed by atoms with Gasteiger partial charge in [-0.05, 0) is 59.1 Å². The number of rotatable bonds is 3. The lowest BCUT2D eigenvalue weighted by Crippen LogP contribution is -2.30. The van der Waals surface area contributed by atoms with Crippen molar-refractivity contribution in [2.75, 3.05) is 6.54 Å². The van der Waals surface area contributed by atoms with Crippen molar-refractivity contribution in [3.63, 3.8) is 0 Å². The average Bonchev–Trinajstić information content (AvgIpc) is 3.11. The molecule has 112 valence electrons. The van der Waals surface area contributed by atoms with Crippen LogP contribution in [0.5, 0.6) is 0 Å². The maximum absolute atomic E-state index is 12.9. The summed E-state index contributed by atoms with van der Waals surface area (Å²) in [4.78, 5) is 3.38. The summed E-state index contributed by atoms with van der Waals surface area (Å²) < 4.78 is 27.9. The highest BCUT2D eigenvalue weighted by Gasteiger charge is 2.36. The number of benzene rings is 1. The number of hydrogen-bond donors (Lipinski definition) is 1. The highest BCUT2D eigenvalue weighted by atomic mass is 79.9. The third-order valence-corrected chi connectivity index (χ3v) is 6.80. The molecular weight excluding hydrogens is 376 g/mol. The Balaban J connectivity index is 1.99. The van der Waals surface area contributed by atoms with E-state index in [1.807, 2.05) is 18.3 Å². The molecule has 2 aromatic rings. The first kappa shape index (κ1) is 15.1. The van der Waals surface area contributed by atoms with Crippen molar-refractivity contribution in [1.82, 2.24) is 9.29 Å². The van der Waals surface area contributed by atoms with Crippen LogP contribution < -0.4 is 0 Å². The van der Waals surface area contributed by atoms with Crippen molar-refractivity contribution in [3.8, 4) is 0 Å². The van der Waals surface area contributed by atoms with E-state index in [1.165, 1.54) is 0 Å². The number of H-pyrrole nitrogens is 1. The van der Waals surface area contributed by atoms with Gasteiger partial charge in [-0.1, -0.05) is 11.6 Å². The highest BCUT2D eigenvalue weighted by Crippen LogP contribution is 2.36. The zero-order chi connectivity index (χ0) is 15.0. The fraction of sp³-hybridized carbons (Fsp3) is 0.286. The fourth-order valence-electron chi connectivity index (χ4n) is 2.66. The van der Waals surface area contributed by atoms with Gasteiger partial charge in [-0.25, -0.2) is 8.42 Å². The summed E-state index contributed by atoms with van der Waals surface area (Å²) in [6.07, 6.45) is 3.50. The molecule has 7 heteroatoms. The van der Waals surface area contributed by atoms with Crippen molar-refractivity contribution >= 4 is 37.6 Å². The standard InChI is InChI=1S/C14H14BrClN2O2S/c15-11-9-10(5-6-12(11)16)21(19,20)18-8-2-4-14(18)13-3-1-7-17-13/h1,3,5-7,9,14,17H,2,4,8H2. The van der Waals surface area contributed by atoms with Crippen LogP contribution in [0.2, 0.25) is 5.02 Å². The molecule has 0 amide bonds. The topological polar surface area (TPSA) is 53.2 Å². The van der Waals surface area contributed by atoms with Gasteiger partial charge >= 0.3 is 0 Å². The SMILES string of the molecule is O=S(=O)(c1ccc(Cl)c(Br)c1)N1CCCC1c1ccc[nH]1. The van der Waals surface area contributed by atoms with Crippen LogP contribution in [0.4, 0.5) is 0 Å². The van der Waals surface area contributed by atoms with E-state index in [0.717, 1.165) is 18.5 Å². The van der Waals surface area contributed by atoms with Crippen LogP contribution in [-0.4, -0.2) is 24.3 Å². The van der Waals surface area contributed by atoms with Gasteiger partial charge in [0.05, 0.1) is 16.0 Å².